The van der Waals surface area contributed by atoms with Gasteiger partial charge >= 0.3 is 0 Å². The van der Waals surface area contributed by atoms with Gasteiger partial charge < -0.3 is 9.40 Å². The van der Waals surface area contributed by atoms with E-state index >= 15 is 0 Å². The fourth-order valence-electron chi connectivity index (χ4n) is 2.52. The lowest BCUT2D eigenvalue weighted by Gasteiger charge is -2.15. The first-order chi connectivity index (χ1) is 12.3. The summed E-state index contributed by atoms with van der Waals surface area (Å²) in [5.41, 5.74) is 3.09. The molecule has 2 aromatic heterocycles. The zero-order valence-electron chi connectivity index (χ0n) is 13.1. The van der Waals surface area contributed by atoms with Gasteiger partial charge in [0.15, 0.2) is 0 Å². The Morgan fingerprint density at radius 3 is 2.36 bits per heavy atom. The van der Waals surface area contributed by atoms with E-state index in [0.29, 0.717) is 16.1 Å². The van der Waals surface area contributed by atoms with E-state index in [-0.39, 0.29) is 5.25 Å². The second-order valence-electron chi connectivity index (χ2n) is 5.42. The van der Waals surface area contributed by atoms with Gasteiger partial charge in [0.1, 0.15) is 5.69 Å². The highest BCUT2D eigenvalue weighted by atomic mass is 35.5. The molecule has 0 aliphatic heterocycles. The van der Waals surface area contributed by atoms with Gasteiger partial charge in [-0.3, -0.25) is 0 Å². The molecule has 0 bridgehead atoms. The average molecular weight is 368 g/mol. The van der Waals surface area contributed by atoms with Gasteiger partial charge in [-0.15, -0.1) is 10.2 Å². The number of hydrogen-bond donors (Lipinski definition) is 1. The van der Waals surface area contributed by atoms with Crippen LogP contribution in [0.15, 0.2) is 82.6 Å². The lowest BCUT2D eigenvalue weighted by Crippen LogP contribution is -1.96. The highest BCUT2D eigenvalue weighted by Crippen LogP contribution is 2.40. The summed E-state index contributed by atoms with van der Waals surface area (Å²) in [5, 5.41) is 9.58. The van der Waals surface area contributed by atoms with Crippen LogP contribution in [-0.2, 0) is 0 Å². The Morgan fingerprint density at radius 2 is 1.64 bits per heavy atom. The smallest absolute Gasteiger partial charge is 0.277 e. The molecule has 0 amide bonds. The molecule has 0 saturated heterocycles. The van der Waals surface area contributed by atoms with E-state index in [4.69, 9.17) is 16.0 Å². The quantitative estimate of drug-likeness (QED) is 0.466. The maximum absolute atomic E-state index is 6.03. The second kappa shape index (κ2) is 7.17. The molecular weight excluding hydrogens is 354 g/mol. The van der Waals surface area contributed by atoms with Gasteiger partial charge in [-0.2, -0.15) is 0 Å². The Hall–Kier alpha value is -2.50. The molecule has 0 saturated carbocycles. The van der Waals surface area contributed by atoms with E-state index in [9.17, 15) is 0 Å². The van der Waals surface area contributed by atoms with Crippen molar-refractivity contribution in [1.82, 2.24) is 15.2 Å². The first kappa shape index (κ1) is 16.0. The van der Waals surface area contributed by atoms with Gasteiger partial charge in [0, 0.05) is 11.2 Å². The van der Waals surface area contributed by atoms with Gasteiger partial charge in [0.25, 0.3) is 11.1 Å². The molecule has 2 heterocycles. The van der Waals surface area contributed by atoms with Crippen LogP contribution in [0, 0.1) is 0 Å². The molecule has 25 heavy (non-hydrogen) atoms. The number of thioether (sulfide) groups is 1. The number of halogens is 1. The van der Waals surface area contributed by atoms with Crippen molar-refractivity contribution in [2.45, 2.75) is 10.5 Å². The average Bonchev–Trinajstić information content (AvgIpc) is 3.33. The second-order valence-corrected chi connectivity index (χ2v) is 6.91. The van der Waals surface area contributed by atoms with Crippen LogP contribution in [0.25, 0.3) is 11.6 Å². The number of nitrogens with zero attached hydrogens (tertiary/aromatic N) is 2. The summed E-state index contributed by atoms with van der Waals surface area (Å²) in [6.45, 7) is 0. The number of nitrogens with one attached hydrogen (secondary N) is 1. The molecule has 124 valence electrons. The van der Waals surface area contributed by atoms with Crippen LogP contribution in [0.5, 0.6) is 0 Å². The third-order valence-corrected chi connectivity index (χ3v) is 5.13. The molecule has 6 heteroatoms. The molecule has 0 aliphatic carbocycles. The van der Waals surface area contributed by atoms with Crippen LogP contribution in [-0.4, -0.2) is 15.2 Å². The van der Waals surface area contributed by atoms with Crippen molar-refractivity contribution in [3.63, 3.8) is 0 Å². The van der Waals surface area contributed by atoms with Crippen molar-refractivity contribution in [1.29, 1.82) is 0 Å². The van der Waals surface area contributed by atoms with Crippen LogP contribution in [0.1, 0.15) is 16.4 Å². The predicted molar refractivity (Wildman–Crippen MR) is 99.7 cm³/mol. The van der Waals surface area contributed by atoms with Gasteiger partial charge in [0.2, 0.25) is 0 Å². The molecular formula is C19H14ClN3OS. The van der Waals surface area contributed by atoms with Crippen LogP contribution >= 0.6 is 23.4 Å². The molecule has 1 N–H and O–H groups in total. The summed E-state index contributed by atoms with van der Waals surface area (Å²) in [6.07, 6.45) is 1.83. The molecule has 4 rings (SSSR count). The summed E-state index contributed by atoms with van der Waals surface area (Å²) in [6, 6.07) is 21.9. The lowest BCUT2D eigenvalue weighted by molar-refractivity contribution is 0.464. The maximum atomic E-state index is 6.03. The van der Waals surface area contributed by atoms with Crippen molar-refractivity contribution in [3.05, 3.63) is 89.1 Å². The molecule has 0 unspecified atom stereocenters. The molecule has 0 aliphatic rings. The number of H-pyrrole nitrogens is 1. The number of benzene rings is 2. The predicted octanol–water partition coefficient (Wildman–Crippen LogP) is 5.60. The highest BCUT2D eigenvalue weighted by Gasteiger charge is 2.20. The topological polar surface area (TPSA) is 54.7 Å². The van der Waals surface area contributed by atoms with Crippen LogP contribution in [0.4, 0.5) is 0 Å². The molecule has 2 aromatic carbocycles. The van der Waals surface area contributed by atoms with Crippen LogP contribution < -0.4 is 0 Å². The lowest BCUT2D eigenvalue weighted by atomic mass is 10.0. The van der Waals surface area contributed by atoms with Crippen molar-refractivity contribution in [3.8, 4) is 11.6 Å². The third kappa shape index (κ3) is 3.62. The third-order valence-electron chi connectivity index (χ3n) is 3.73. The zero-order chi connectivity index (χ0) is 17.1. The molecule has 4 aromatic rings. The Bertz CT molecular complexity index is 936. The van der Waals surface area contributed by atoms with E-state index in [1.165, 1.54) is 11.8 Å². The van der Waals surface area contributed by atoms with Crippen molar-refractivity contribution >= 4 is 23.4 Å². The standard InChI is InChI=1S/C19H14ClN3OS/c20-15-10-8-14(9-11-15)17(13-5-2-1-3-6-13)25-19-23-22-18(24-19)16-7-4-12-21-16/h1-12,17,21H/t17-/m0/s1. The summed E-state index contributed by atoms with van der Waals surface area (Å²) >= 11 is 7.55. The molecule has 0 fully saturated rings. The Labute approximate surface area is 154 Å². The summed E-state index contributed by atoms with van der Waals surface area (Å²) in [4.78, 5) is 3.07. The first-order valence-corrected chi connectivity index (χ1v) is 9.00. The van der Waals surface area contributed by atoms with Crippen LogP contribution in [0.3, 0.4) is 0 Å². The Balaban J connectivity index is 1.66. The fourth-order valence-corrected chi connectivity index (χ4v) is 3.65. The van der Waals surface area contributed by atoms with Gasteiger partial charge in [0.05, 0.1) is 5.25 Å². The van der Waals surface area contributed by atoms with E-state index in [2.05, 4.69) is 27.3 Å². The monoisotopic (exact) mass is 367 g/mol. The van der Waals surface area contributed by atoms with E-state index in [1.54, 1.807) is 0 Å². The van der Waals surface area contributed by atoms with E-state index < -0.39 is 0 Å². The van der Waals surface area contributed by atoms with Gasteiger partial charge in [-0.25, -0.2) is 0 Å². The minimum Gasteiger partial charge on any atom is -0.410 e. The summed E-state index contributed by atoms with van der Waals surface area (Å²) in [7, 11) is 0. The Kier molecular flexibility index (Phi) is 4.59. The van der Waals surface area contributed by atoms with Gasteiger partial charge in [-0.05, 0) is 35.4 Å². The minimum atomic E-state index is 0.0374. The molecule has 4 nitrogen and oxygen atoms in total. The minimum absolute atomic E-state index is 0.0374. The summed E-state index contributed by atoms with van der Waals surface area (Å²) in [5.74, 6) is 0.482. The molecule has 1 atom stereocenters. The number of aromatic amines is 1. The fraction of sp³-hybridized carbons (Fsp3) is 0.0526. The van der Waals surface area contributed by atoms with E-state index in [1.807, 2.05) is 60.8 Å². The normalized spacial score (nSPS) is 12.2. The summed E-state index contributed by atoms with van der Waals surface area (Å²) < 4.78 is 5.81. The van der Waals surface area contributed by atoms with Gasteiger partial charge in [-0.1, -0.05) is 65.8 Å². The SMILES string of the molecule is Clc1ccc([C@@H](Sc2nnc(-c3ccc[nH]3)o2)c2ccccc2)cc1. The molecule has 0 spiro atoms. The van der Waals surface area contributed by atoms with Crippen molar-refractivity contribution in [2.75, 3.05) is 0 Å². The number of aromatic nitrogens is 3. The first-order valence-electron chi connectivity index (χ1n) is 7.74. The highest BCUT2D eigenvalue weighted by molar-refractivity contribution is 7.99. The Morgan fingerprint density at radius 1 is 0.880 bits per heavy atom. The largest absolute Gasteiger partial charge is 0.410 e. The van der Waals surface area contributed by atoms with Crippen LogP contribution in [0.2, 0.25) is 5.02 Å². The number of hydrogen-bond acceptors (Lipinski definition) is 4. The van der Waals surface area contributed by atoms with Crippen molar-refractivity contribution < 1.29 is 4.42 Å². The maximum Gasteiger partial charge on any atom is 0.277 e. The zero-order valence-corrected chi connectivity index (χ0v) is 14.7. The number of rotatable bonds is 5. The van der Waals surface area contributed by atoms with Crippen molar-refractivity contribution in [2.24, 2.45) is 0 Å². The molecule has 0 radical (unpaired) electrons. The van der Waals surface area contributed by atoms with E-state index in [0.717, 1.165) is 16.8 Å².